The van der Waals surface area contributed by atoms with Crippen molar-refractivity contribution in [2.75, 3.05) is 47.5 Å². The van der Waals surface area contributed by atoms with Crippen LogP contribution in [-0.2, 0) is 32.7 Å². The van der Waals surface area contributed by atoms with E-state index in [0.717, 1.165) is 77.0 Å². The molecule has 0 aliphatic rings. The molecule has 0 rings (SSSR count). The fourth-order valence-electron chi connectivity index (χ4n) is 5.50. The first-order valence-electron chi connectivity index (χ1n) is 21.2. The predicted octanol–water partition coefficient (Wildman–Crippen LogP) is 11.1. The van der Waals surface area contributed by atoms with Crippen molar-refractivity contribution in [1.82, 2.24) is 0 Å². The average Bonchev–Trinajstić information content (AvgIpc) is 3.10. The van der Waals surface area contributed by atoms with Crippen molar-refractivity contribution < 1.29 is 42.1 Å². The van der Waals surface area contributed by atoms with Gasteiger partial charge < -0.3 is 27.9 Å². The zero-order valence-electron chi connectivity index (χ0n) is 34.7. The molecule has 0 radical (unpaired) electrons. The SMILES string of the molecule is CCCCC/C=C/C/C=C/CCCCCCCC(=O)O[C@H](COC(=O)CCCCCCC/C=C/CCCCCCC)COP(=O)([O-])OCC[N+](C)(C)C. The van der Waals surface area contributed by atoms with Crippen LogP contribution in [0.1, 0.15) is 174 Å². The molecule has 0 amide bonds. The molecule has 310 valence electrons. The van der Waals surface area contributed by atoms with Gasteiger partial charge in [0.25, 0.3) is 7.82 Å². The van der Waals surface area contributed by atoms with Gasteiger partial charge in [0.2, 0.25) is 0 Å². The van der Waals surface area contributed by atoms with Gasteiger partial charge in [0, 0.05) is 12.8 Å². The van der Waals surface area contributed by atoms with Crippen LogP contribution in [-0.4, -0.2) is 70.0 Å². The summed E-state index contributed by atoms with van der Waals surface area (Å²) in [5.74, 6) is -0.861. The number of hydrogen-bond acceptors (Lipinski definition) is 8. The quantitative estimate of drug-likeness (QED) is 0.0201. The number of nitrogens with zero attached hydrogens (tertiary/aromatic N) is 1. The van der Waals surface area contributed by atoms with E-state index in [9.17, 15) is 19.0 Å². The molecule has 53 heavy (non-hydrogen) atoms. The standard InChI is InChI=1S/C43H80NO8P/c1-6-8-10-12-14-16-18-20-22-24-26-28-30-32-34-36-43(46)52-41(40-51-53(47,48)50-38-37-44(3,4)5)39-49-42(45)35-33-31-29-27-25-23-21-19-17-15-13-11-9-7-2/h14,16,19-22,41H,6-13,15,17-18,23-40H2,1-5H3/b16-14+,21-19+,22-20+/t41-/m1/s1. The maximum atomic E-state index is 12.6. The van der Waals surface area contributed by atoms with E-state index < -0.39 is 32.5 Å². The monoisotopic (exact) mass is 770 g/mol. The summed E-state index contributed by atoms with van der Waals surface area (Å²) in [6, 6.07) is 0. The van der Waals surface area contributed by atoms with Gasteiger partial charge in [-0.15, -0.1) is 0 Å². The minimum atomic E-state index is -4.63. The lowest BCUT2D eigenvalue weighted by atomic mass is 10.1. The van der Waals surface area contributed by atoms with Gasteiger partial charge in [0.15, 0.2) is 6.10 Å². The third-order valence-corrected chi connectivity index (χ3v) is 9.85. The number of quaternary nitrogens is 1. The van der Waals surface area contributed by atoms with Crippen LogP contribution in [0.5, 0.6) is 0 Å². The second-order valence-corrected chi connectivity index (χ2v) is 16.8. The number of carbonyl (C=O) groups is 2. The van der Waals surface area contributed by atoms with Gasteiger partial charge in [0.05, 0.1) is 27.7 Å². The summed E-state index contributed by atoms with van der Waals surface area (Å²) in [6.07, 6.45) is 38.8. The Balaban J connectivity index is 4.43. The summed E-state index contributed by atoms with van der Waals surface area (Å²) in [7, 11) is 1.15. The van der Waals surface area contributed by atoms with Crippen LogP contribution in [0.3, 0.4) is 0 Å². The van der Waals surface area contributed by atoms with Gasteiger partial charge >= 0.3 is 11.9 Å². The molecular formula is C43H80NO8P. The third kappa shape index (κ3) is 39.7. The highest BCUT2D eigenvalue weighted by molar-refractivity contribution is 7.45. The molecule has 0 fully saturated rings. The van der Waals surface area contributed by atoms with Crippen LogP contribution in [0.4, 0.5) is 0 Å². The lowest BCUT2D eigenvalue weighted by Crippen LogP contribution is -2.37. The molecule has 2 atom stereocenters. The zero-order chi connectivity index (χ0) is 39.3. The number of phosphoric ester groups is 1. The molecular weight excluding hydrogens is 689 g/mol. The molecule has 0 bridgehead atoms. The lowest BCUT2D eigenvalue weighted by Gasteiger charge is -2.28. The van der Waals surface area contributed by atoms with Crippen LogP contribution >= 0.6 is 7.82 Å². The summed E-state index contributed by atoms with van der Waals surface area (Å²) >= 11 is 0. The number of unbranched alkanes of at least 4 members (excludes halogenated alkanes) is 18. The molecule has 9 nitrogen and oxygen atoms in total. The second-order valence-electron chi connectivity index (χ2n) is 15.3. The van der Waals surface area contributed by atoms with Gasteiger partial charge in [-0.3, -0.25) is 14.2 Å². The van der Waals surface area contributed by atoms with E-state index in [1.165, 1.54) is 64.2 Å². The molecule has 0 aromatic heterocycles. The molecule has 0 heterocycles. The molecule has 10 heteroatoms. The van der Waals surface area contributed by atoms with Gasteiger partial charge in [0.1, 0.15) is 19.8 Å². The number of phosphoric acid groups is 1. The molecule has 1 unspecified atom stereocenters. The van der Waals surface area contributed by atoms with Crippen molar-refractivity contribution in [3.8, 4) is 0 Å². The van der Waals surface area contributed by atoms with E-state index in [1.54, 1.807) is 0 Å². The maximum absolute atomic E-state index is 12.6. The van der Waals surface area contributed by atoms with E-state index in [4.69, 9.17) is 18.5 Å². The van der Waals surface area contributed by atoms with E-state index in [0.29, 0.717) is 17.4 Å². The van der Waals surface area contributed by atoms with Crippen molar-refractivity contribution in [2.24, 2.45) is 0 Å². The smallest absolute Gasteiger partial charge is 0.306 e. The Hall–Kier alpha value is -1.77. The van der Waals surface area contributed by atoms with Crippen LogP contribution in [0, 0.1) is 0 Å². The van der Waals surface area contributed by atoms with Crippen molar-refractivity contribution in [3.05, 3.63) is 36.5 Å². The minimum Gasteiger partial charge on any atom is -0.756 e. The number of likely N-dealkylation sites (N-methyl/N-ethyl adjacent to an activating group) is 1. The Bertz CT molecular complexity index is 1010. The first-order chi connectivity index (χ1) is 25.5. The van der Waals surface area contributed by atoms with Crippen molar-refractivity contribution in [3.63, 3.8) is 0 Å². The van der Waals surface area contributed by atoms with E-state index >= 15 is 0 Å². The summed E-state index contributed by atoms with van der Waals surface area (Å²) < 4.78 is 33.8. The molecule has 0 aliphatic carbocycles. The minimum absolute atomic E-state index is 0.0353. The van der Waals surface area contributed by atoms with E-state index in [1.807, 2.05) is 21.1 Å². The fraction of sp³-hybridized carbons (Fsp3) is 0.814. The highest BCUT2D eigenvalue weighted by Gasteiger charge is 2.21. The number of carbonyl (C=O) groups excluding carboxylic acids is 2. The zero-order valence-corrected chi connectivity index (χ0v) is 35.6. The molecule has 0 N–H and O–H groups in total. The summed E-state index contributed by atoms with van der Waals surface area (Å²) in [5, 5.41) is 0. The van der Waals surface area contributed by atoms with Crippen LogP contribution in [0.2, 0.25) is 0 Å². The van der Waals surface area contributed by atoms with Gasteiger partial charge in [-0.1, -0.05) is 127 Å². The molecule has 0 spiro atoms. The molecule has 0 aromatic carbocycles. The Morgan fingerprint density at radius 1 is 0.585 bits per heavy atom. The summed E-state index contributed by atoms with van der Waals surface area (Å²) in [6.45, 7) is 4.16. The highest BCUT2D eigenvalue weighted by Crippen LogP contribution is 2.38. The van der Waals surface area contributed by atoms with Gasteiger partial charge in [-0.25, -0.2) is 0 Å². The molecule has 0 aromatic rings. The second kappa shape index (κ2) is 35.9. The van der Waals surface area contributed by atoms with Gasteiger partial charge in [-0.2, -0.15) is 0 Å². The molecule has 0 saturated carbocycles. The number of hydrogen-bond donors (Lipinski definition) is 0. The number of ether oxygens (including phenoxy) is 2. The van der Waals surface area contributed by atoms with Crippen molar-refractivity contribution in [2.45, 2.75) is 180 Å². The highest BCUT2D eigenvalue weighted by atomic mass is 31.2. The normalized spacial score (nSPS) is 14.0. The van der Waals surface area contributed by atoms with Crippen LogP contribution in [0.25, 0.3) is 0 Å². The maximum Gasteiger partial charge on any atom is 0.306 e. The largest absolute Gasteiger partial charge is 0.756 e. The first kappa shape index (κ1) is 51.2. The van der Waals surface area contributed by atoms with Crippen LogP contribution in [0.15, 0.2) is 36.5 Å². The Morgan fingerprint density at radius 2 is 1.02 bits per heavy atom. The predicted molar refractivity (Wildman–Crippen MR) is 217 cm³/mol. The van der Waals surface area contributed by atoms with E-state index in [-0.39, 0.29) is 26.1 Å². The summed E-state index contributed by atoms with van der Waals surface area (Å²) in [4.78, 5) is 37.4. The Morgan fingerprint density at radius 3 is 1.55 bits per heavy atom. The van der Waals surface area contributed by atoms with Crippen molar-refractivity contribution >= 4 is 19.8 Å². The number of rotatable bonds is 38. The summed E-state index contributed by atoms with van der Waals surface area (Å²) in [5.41, 5.74) is 0. The molecule has 0 aliphatic heterocycles. The first-order valence-corrected chi connectivity index (χ1v) is 22.7. The van der Waals surface area contributed by atoms with Crippen molar-refractivity contribution in [1.29, 1.82) is 0 Å². The Labute approximate surface area is 325 Å². The third-order valence-electron chi connectivity index (χ3n) is 8.88. The van der Waals surface area contributed by atoms with Gasteiger partial charge in [-0.05, 0) is 70.6 Å². The average molecular weight is 770 g/mol. The number of esters is 2. The fourth-order valence-corrected chi connectivity index (χ4v) is 6.23. The topological polar surface area (TPSA) is 111 Å². The van der Waals surface area contributed by atoms with E-state index in [2.05, 4.69) is 50.3 Å². The molecule has 0 saturated heterocycles. The number of allylic oxidation sites excluding steroid dienone is 6. The Kier molecular flexibility index (Phi) is 34.7. The van der Waals surface area contributed by atoms with Crippen LogP contribution < -0.4 is 4.89 Å². The lowest BCUT2D eigenvalue weighted by molar-refractivity contribution is -0.870.